The van der Waals surface area contributed by atoms with Crippen molar-refractivity contribution in [1.29, 1.82) is 0 Å². The van der Waals surface area contributed by atoms with E-state index in [2.05, 4.69) is 0 Å². The topological polar surface area (TPSA) is 80.3 Å². The molecule has 0 bridgehead atoms. The van der Waals surface area contributed by atoms with Gasteiger partial charge in [0, 0.05) is 22.4 Å². The Balaban J connectivity index is 0. The van der Waals surface area contributed by atoms with Gasteiger partial charge in [-0.25, -0.2) is 0 Å². The van der Waals surface area contributed by atoms with E-state index in [0.29, 0.717) is 0 Å². The fourth-order valence-electron chi connectivity index (χ4n) is 0. The van der Waals surface area contributed by atoms with E-state index < -0.39 is 13.4 Å². The maximum absolute atomic E-state index is 8.58. The molecule has 1 radical (unpaired) electrons. The summed E-state index contributed by atoms with van der Waals surface area (Å²) in [7, 11) is 0. The molecule has 0 amide bonds. The molecule has 6 heteroatoms. The van der Waals surface area contributed by atoms with Crippen molar-refractivity contribution >= 4 is 0 Å². The van der Waals surface area contributed by atoms with E-state index in [-0.39, 0.29) is 22.4 Å². The number of rotatable bonds is 0. The zero-order chi connectivity index (χ0) is 4.50. The summed E-state index contributed by atoms with van der Waals surface area (Å²) < 4.78 is 34.3. The van der Waals surface area contributed by atoms with E-state index in [1.807, 2.05) is 0 Å². The summed E-state index contributed by atoms with van der Waals surface area (Å²) in [6, 6.07) is 0. The first-order valence-corrected chi connectivity index (χ1v) is 2.54. The Labute approximate surface area is 52.0 Å². The molecule has 0 saturated carbocycles. The Kier molecular flexibility index (Phi) is 4.75. The molecule has 0 unspecified atom stereocenters. The molecular weight excluding hydrogens is 227 g/mol. The third-order valence-electron chi connectivity index (χ3n) is 0. The minimum absolute atomic E-state index is 0. The van der Waals surface area contributed by atoms with Crippen molar-refractivity contribution in [3.05, 3.63) is 0 Å². The summed E-state index contributed by atoms with van der Waals surface area (Å²) in [5, 5.41) is 0. The van der Waals surface area contributed by atoms with Crippen LogP contribution in [-0.2, 0) is 43.4 Å². The Bertz CT molecular complexity index is 90.7. The standard InChI is InChI=1S/Ag.Mn.4O/q;;;;2*-1. The summed E-state index contributed by atoms with van der Waals surface area (Å²) in [5.74, 6) is 0. The average molecular weight is 227 g/mol. The molecule has 0 aliphatic heterocycles. The van der Waals surface area contributed by atoms with Crippen LogP contribution in [0.3, 0.4) is 0 Å². The predicted octanol–water partition coefficient (Wildman–Crippen LogP) is -2.62. The van der Waals surface area contributed by atoms with Crippen molar-refractivity contribution in [2.24, 2.45) is 0 Å². The second-order valence-corrected chi connectivity index (χ2v) is 1.56. The number of hydrogen-bond donors (Lipinski definition) is 0. The Morgan fingerprint density at radius 3 is 1.17 bits per heavy atom. The molecule has 0 spiro atoms. The van der Waals surface area contributed by atoms with Crippen molar-refractivity contribution < 1.29 is 51.8 Å². The van der Waals surface area contributed by atoms with Crippen molar-refractivity contribution in [1.82, 2.24) is 0 Å². The molecule has 0 aromatic carbocycles. The summed E-state index contributed by atoms with van der Waals surface area (Å²) in [6.45, 7) is 0. The molecule has 0 heterocycles. The van der Waals surface area contributed by atoms with Gasteiger partial charge in [0.25, 0.3) is 0 Å². The van der Waals surface area contributed by atoms with E-state index in [0.717, 1.165) is 0 Å². The molecule has 0 atom stereocenters. The van der Waals surface area contributed by atoms with Gasteiger partial charge in [-0.3, -0.25) is 0 Å². The van der Waals surface area contributed by atoms with E-state index in [1.54, 1.807) is 0 Å². The first-order chi connectivity index (χ1) is 2.00. The van der Waals surface area contributed by atoms with Gasteiger partial charge in [-0.2, -0.15) is 0 Å². The monoisotopic (exact) mass is 226 g/mol. The molecule has 0 rings (SSSR count). The van der Waals surface area contributed by atoms with Gasteiger partial charge in [0.1, 0.15) is 0 Å². The Morgan fingerprint density at radius 2 is 1.17 bits per heavy atom. The Hall–Kier alpha value is 0.780. The molecule has 0 N–H and O–H groups in total. The van der Waals surface area contributed by atoms with Gasteiger partial charge in [-0.15, -0.1) is 0 Å². The molecule has 0 aromatic rings. The number of hydrogen-bond acceptors (Lipinski definition) is 4. The maximum atomic E-state index is 8.58. The van der Waals surface area contributed by atoms with Gasteiger partial charge in [0.05, 0.1) is 0 Å². The minimum atomic E-state index is -5.62. The van der Waals surface area contributed by atoms with Crippen molar-refractivity contribution in [2.45, 2.75) is 0 Å². The summed E-state index contributed by atoms with van der Waals surface area (Å²) >= 11 is -5.62. The fourth-order valence-corrected chi connectivity index (χ4v) is 0. The van der Waals surface area contributed by atoms with Crippen LogP contribution >= 0.6 is 0 Å². The van der Waals surface area contributed by atoms with Crippen LogP contribution in [0.4, 0.5) is 0 Å². The molecular formula is AgMnO4-2. The van der Waals surface area contributed by atoms with Crippen molar-refractivity contribution in [3.8, 4) is 0 Å². The van der Waals surface area contributed by atoms with Gasteiger partial charge < -0.3 is 0 Å². The van der Waals surface area contributed by atoms with Crippen LogP contribution in [0.1, 0.15) is 0 Å². The first kappa shape index (κ1) is 9.91. The van der Waals surface area contributed by atoms with E-state index in [4.69, 9.17) is 16.0 Å². The van der Waals surface area contributed by atoms with Crippen molar-refractivity contribution in [3.63, 3.8) is 0 Å². The van der Waals surface area contributed by atoms with Crippen LogP contribution < -0.4 is 8.38 Å². The fraction of sp³-hybridized carbons (Fsp3) is 0. The quantitative estimate of drug-likeness (QED) is 0.424. The van der Waals surface area contributed by atoms with Crippen LogP contribution in [0.5, 0.6) is 0 Å². The SMILES string of the molecule is [Ag].[O]=[Mn](=[O])([O-])[O-]. The summed E-state index contributed by atoms with van der Waals surface area (Å²) in [6.07, 6.45) is 0. The van der Waals surface area contributed by atoms with Gasteiger partial charge in [0.15, 0.2) is 0 Å². The summed E-state index contributed by atoms with van der Waals surface area (Å²) in [4.78, 5) is 0. The summed E-state index contributed by atoms with van der Waals surface area (Å²) in [5.41, 5.74) is 0. The first-order valence-electron chi connectivity index (χ1n) is 0.617. The molecule has 44 valence electrons. The van der Waals surface area contributed by atoms with Crippen LogP contribution in [0.2, 0.25) is 0 Å². The predicted molar refractivity (Wildman–Crippen MR) is 1.37 cm³/mol. The zero-order valence-corrected chi connectivity index (χ0v) is 4.98. The molecule has 0 fully saturated rings. The van der Waals surface area contributed by atoms with Crippen LogP contribution in [0.25, 0.3) is 0 Å². The van der Waals surface area contributed by atoms with Crippen LogP contribution in [0, 0.1) is 0 Å². The molecule has 0 saturated heterocycles. The van der Waals surface area contributed by atoms with Crippen LogP contribution in [0.15, 0.2) is 0 Å². The van der Waals surface area contributed by atoms with Gasteiger partial charge in [0.2, 0.25) is 0 Å². The van der Waals surface area contributed by atoms with Crippen LogP contribution in [-0.4, -0.2) is 0 Å². The third kappa shape index (κ3) is 112. The Morgan fingerprint density at radius 1 is 1.17 bits per heavy atom. The van der Waals surface area contributed by atoms with Gasteiger partial charge in [-0.1, -0.05) is 0 Å². The van der Waals surface area contributed by atoms with E-state index in [9.17, 15) is 0 Å². The average Bonchev–Trinajstić information content (AvgIpc) is 0.722. The van der Waals surface area contributed by atoms with Gasteiger partial charge in [-0.05, 0) is 0 Å². The van der Waals surface area contributed by atoms with E-state index in [1.165, 1.54) is 0 Å². The second-order valence-electron chi connectivity index (χ2n) is 0.378. The van der Waals surface area contributed by atoms with Crippen molar-refractivity contribution in [2.75, 3.05) is 0 Å². The zero-order valence-electron chi connectivity index (χ0n) is 2.31. The third-order valence-corrected chi connectivity index (χ3v) is 0. The normalized spacial score (nSPS) is 9.67. The van der Waals surface area contributed by atoms with E-state index >= 15 is 0 Å². The molecule has 0 aliphatic rings. The van der Waals surface area contributed by atoms with Gasteiger partial charge >= 0.3 is 29.4 Å². The molecule has 0 aliphatic carbocycles. The second kappa shape index (κ2) is 2.87. The molecule has 4 nitrogen and oxygen atoms in total. The molecule has 6 heavy (non-hydrogen) atoms. The molecule has 0 aromatic heterocycles.